The lowest BCUT2D eigenvalue weighted by Gasteiger charge is -2.26. The van der Waals surface area contributed by atoms with Crippen LogP contribution in [0.15, 0.2) is 138 Å². The van der Waals surface area contributed by atoms with E-state index in [4.69, 9.17) is 4.42 Å². The van der Waals surface area contributed by atoms with E-state index in [-0.39, 0.29) is 0 Å². The minimum atomic E-state index is -1.51. The SMILES string of the molecule is OB(O)c1ccc(N(c2ccc(-c3ccccc3)cc2)c2ccc3c(c2)oc2c4ccccc4ccc32)cc1. The Morgan fingerprint density at radius 1 is 0.513 bits per heavy atom. The molecule has 0 saturated carbocycles. The average molecular weight is 505 g/mol. The molecule has 4 nitrogen and oxygen atoms in total. The Balaban J connectivity index is 1.37. The van der Waals surface area contributed by atoms with Gasteiger partial charge in [-0.1, -0.05) is 84.9 Å². The number of hydrogen-bond donors (Lipinski definition) is 2. The van der Waals surface area contributed by atoms with Crippen molar-refractivity contribution in [2.45, 2.75) is 0 Å². The molecule has 0 atom stereocenters. The maximum Gasteiger partial charge on any atom is 0.488 e. The van der Waals surface area contributed by atoms with Crippen LogP contribution in [0.3, 0.4) is 0 Å². The third-order valence-electron chi connectivity index (χ3n) is 7.29. The van der Waals surface area contributed by atoms with Crippen molar-refractivity contribution in [2.75, 3.05) is 4.90 Å². The van der Waals surface area contributed by atoms with Gasteiger partial charge in [0.25, 0.3) is 0 Å². The van der Waals surface area contributed by atoms with E-state index >= 15 is 0 Å². The van der Waals surface area contributed by atoms with Gasteiger partial charge in [0.1, 0.15) is 11.2 Å². The molecule has 0 aliphatic rings. The molecular weight excluding hydrogens is 481 g/mol. The highest BCUT2D eigenvalue weighted by Crippen LogP contribution is 2.40. The van der Waals surface area contributed by atoms with Gasteiger partial charge < -0.3 is 19.4 Å². The summed E-state index contributed by atoms with van der Waals surface area (Å²) >= 11 is 0. The number of fused-ring (bicyclic) bond motifs is 5. The van der Waals surface area contributed by atoms with Crippen LogP contribution in [0.5, 0.6) is 0 Å². The van der Waals surface area contributed by atoms with E-state index in [0.717, 1.165) is 60.9 Å². The molecule has 0 amide bonds. The number of hydrogen-bond acceptors (Lipinski definition) is 4. The van der Waals surface area contributed by atoms with Gasteiger partial charge in [0.2, 0.25) is 0 Å². The quantitative estimate of drug-likeness (QED) is 0.237. The van der Waals surface area contributed by atoms with Crippen LogP contribution in [0.2, 0.25) is 0 Å². The largest absolute Gasteiger partial charge is 0.488 e. The van der Waals surface area contributed by atoms with E-state index in [1.165, 1.54) is 0 Å². The van der Waals surface area contributed by atoms with E-state index in [1.54, 1.807) is 12.1 Å². The highest BCUT2D eigenvalue weighted by atomic mass is 16.4. The zero-order chi connectivity index (χ0) is 26.3. The van der Waals surface area contributed by atoms with Crippen molar-refractivity contribution >= 4 is 62.4 Å². The number of furan rings is 1. The molecular formula is C34H24BNO3. The molecule has 6 aromatic carbocycles. The molecule has 0 unspecified atom stereocenters. The molecule has 2 N–H and O–H groups in total. The van der Waals surface area contributed by atoms with Crippen LogP contribution in [0, 0.1) is 0 Å². The Bertz CT molecular complexity index is 1930. The standard InChI is InChI=1S/C34H24BNO3/c37-35(38)26-13-17-28(18-14-26)36(27-15-10-24(11-16-27)23-6-2-1-3-7-23)29-19-21-31-32-20-12-25-8-4-5-9-30(25)34(32)39-33(31)22-29/h1-22,37-38H. The molecule has 0 saturated heterocycles. The van der Waals surface area contributed by atoms with Crippen molar-refractivity contribution in [3.63, 3.8) is 0 Å². The predicted molar refractivity (Wildman–Crippen MR) is 161 cm³/mol. The van der Waals surface area contributed by atoms with Gasteiger partial charge >= 0.3 is 7.12 Å². The third-order valence-corrected chi connectivity index (χ3v) is 7.29. The predicted octanol–water partition coefficient (Wildman–Crippen LogP) is 7.56. The van der Waals surface area contributed by atoms with Gasteiger partial charge in [0.05, 0.1) is 0 Å². The molecule has 1 heterocycles. The molecule has 7 rings (SSSR count). The van der Waals surface area contributed by atoms with Crippen LogP contribution in [0.25, 0.3) is 43.8 Å². The normalized spacial score (nSPS) is 11.3. The van der Waals surface area contributed by atoms with Crippen molar-refractivity contribution in [3.05, 3.63) is 133 Å². The van der Waals surface area contributed by atoms with Crippen molar-refractivity contribution in [1.82, 2.24) is 0 Å². The second kappa shape index (κ2) is 9.48. The van der Waals surface area contributed by atoms with E-state index in [1.807, 2.05) is 42.5 Å². The van der Waals surface area contributed by atoms with E-state index in [0.29, 0.717) is 5.46 Å². The number of anilines is 3. The number of nitrogens with zero attached hydrogens (tertiary/aromatic N) is 1. The molecule has 7 aromatic rings. The third kappa shape index (κ3) is 4.14. The number of rotatable bonds is 5. The summed E-state index contributed by atoms with van der Waals surface area (Å²) in [6.45, 7) is 0. The molecule has 0 spiro atoms. The first-order valence-electron chi connectivity index (χ1n) is 12.9. The molecule has 0 aliphatic carbocycles. The first kappa shape index (κ1) is 23.3. The minimum Gasteiger partial charge on any atom is -0.455 e. The summed E-state index contributed by atoms with van der Waals surface area (Å²) in [6.07, 6.45) is 0. The van der Waals surface area contributed by atoms with Crippen LogP contribution in [0.1, 0.15) is 0 Å². The summed E-state index contributed by atoms with van der Waals surface area (Å²) in [4.78, 5) is 2.15. The fourth-order valence-corrected chi connectivity index (χ4v) is 5.31. The maximum absolute atomic E-state index is 9.62. The molecule has 0 bridgehead atoms. The second-order valence-corrected chi connectivity index (χ2v) is 9.66. The van der Waals surface area contributed by atoms with Crippen LogP contribution < -0.4 is 10.4 Å². The van der Waals surface area contributed by atoms with E-state index in [9.17, 15) is 10.0 Å². The van der Waals surface area contributed by atoms with Gasteiger partial charge in [-0.2, -0.15) is 0 Å². The zero-order valence-electron chi connectivity index (χ0n) is 21.0. The lowest BCUT2D eigenvalue weighted by atomic mass is 9.80. The van der Waals surface area contributed by atoms with Crippen LogP contribution >= 0.6 is 0 Å². The summed E-state index contributed by atoms with van der Waals surface area (Å²) < 4.78 is 6.46. The summed E-state index contributed by atoms with van der Waals surface area (Å²) in [5, 5.41) is 23.6. The lowest BCUT2D eigenvalue weighted by Crippen LogP contribution is -2.29. The highest BCUT2D eigenvalue weighted by molar-refractivity contribution is 6.58. The molecule has 5 heteroatoms. The van der Waals surface area contributed by atoms with Gasteiger partial charge in [0.15, 0.2) is 0 Å². The monoisotopic (exact) mass is 505 g/mol. The summed E-state index contributed by atoms with van der Waals surface area (Å²) in [7, 11) is -1.51. The first-order chi connectivity index (χ1) is 19.2. The van der Waals surface area contributed by atoms with Crippen LogP contribution in [-0.4, -0.2) is 17.2 Å². The van der Waals surface area contributed by atoms with Crippen molar-refractivity contribution in [1.29, 1.82) is 0 Å². The highest BCUT2D eigenvalue weighted by Gasteiger charge is 2.18. The summed E-state index contributed by atoms with van der Waals surface area (Å²) in [5.74, 6) is 0. The summed E-state index contributed by atoms with van der Waals surface area (Å²) in [5.41, 5.74) is 7.26. The van der Waals surface area contributed by atoms with E-state index < -0.39 is 7.12 Å². The number of benzene rings is 6. The van der Waals surface area contributed by atoms with Crippen LogP contribution in [-0.2, 0) is 0 Å². The molecule has 1 aromatic heterocycles. The fourth-order valence-electron chi connectivity index (χ4n) is 5.31. The van der Waals surface area contributed by atoms with Gasteiger partial charge in [-0.05, 0) is 64.4 Å². The fraction of sp³-hybridized carbons (Fsp3) is 0. The minimum absolute atomic E-state index is 0.442. The molecule has 186 valence electrons. The van der Waals surface area contributed by atoms with Gasteiger partial charge in [-0.15, -0.1) is 0 Å². The molecule has 0 radical (unpaired) electrons. The van der Waals surface area contributed by atoms with Gasteiger partial charge in [-0.25, -0.2) is 0 Å². The van der Waals surface area contributed by atoms with Gasteiger partial charge in [0, 0.05) is 39.3 Å². The maximum atomic E-state index is 9.62. The lowest BCUT2D eigenvalue weighted by molar-refractivity contribution is 0.426. The topological polar surface area (TPSA) is 56.8 Å². The first-order valence-corrected chi connectivity index (χ1v) is 12.9. The average Bonchev–Trinajstić information content (AvgIpc) is 3.37. The Hall–Kier alpha value is -4.84. The molecule has 39 heavy (non-hydrogen) atoms. The Labute approximate surface area is 226 Å². The Morgan fingerprint density at radius 3 is 1.87 bits per heavy atom. The van der Waals surface area contributed by atoms with Gasteiger partial charge in [-0.3, -0.25) is 0 Å². The van der Waals surface area contributed by atoms with Crippen molar-refractivity contribution in [3.8, 4) is 11.1 Å². The van der Waals surface area contributed by atoms with Crippen molar-refractivity contribution < 1.29 is 14.5 Å². The Morgan fingerprint density at radius 2 is 1.13 bits per heavy atom. The smallest absolute Gasteiger partial charge is 0.455 e. The molecule has 0 fully saturated rings. The van der Waals surface area contributed by atoms with Crippen molar-refractivity contribution in [2.24, 2.45) is 0 Å². The summed E-state index contributed by atoms with van der Waals surface area (Å²) in [6, 6.07) is 44.8. The second-order valence-electron chi connectivity index (χ2n) is 9.66. The zero-order valence-corrected chi connectivity index (χ0v) is 21.0. The van der Waals surface area contributed by atoms with E-state index in [2.05, 4.69) is 83.8 Å². The Kier molecular flexibility index (Phi) is 5.66. The molecule has 0 aliphatic heterocycles. The van der Waals surface area contributed by atoms with Crippen LogP contribution in [0.4, 0.5) is 17.1 Å².